The highest BCUT2D eigenvalue weighted by Crippen LogP contribution is 2.20. The lowest BCUT2D eigenvalue weighted by Gasteiger charge is -2.13. The van der Waals surface area contributed by atoms with Crippen LogP contribution in [0.1, 0.15) is 34.2 Å². The standard InChI is InChI=1S/C19H21N3O3/c1-13-17(14(2)25-21-13)12-22-11-15(10-20-22)9-18(23)19(24-3)16-7-5-4-6-8-16/h4-8,10-11,19H,9,12H2,1-3H3/t19-/m1/s1. The third kappa shape index (κ3) is 3.85. The van der Waals surface area contributed by atoms with Crippen molar-refractivity contribution in [3.8, 4) is 0 Å². The van der Waals surface area contributed by atoms with E-state index < -0.39 is 6.10 Å². The van der Waals surface area contributed by atoms with Gasteiger partial charge in [-0.05, 0) is 25.0 Å². The fourth-order valence-corrected chi connectivity index (χ4v) is 2.85. The fraction of sp³-hybridized carbons (Fsp3) is 0.316. The quantitative estimate of drug-likeness (QED) is 0.662. The zero-order valence-electron chi connectivity index (χ0n) is 14.6. The van der Waals surface area contributed by atoms with E-state index in [-0.39, 0.29) is 12.2 Å². The number of methoxy groups -OCH3 is 1. The van der Waals surface area contributed by atoms with Gasteiger partial charge in [0.25, 0.3) is 0 Å². The topological polar surface area (TPSA) is 70.2 Å². The van der Waals surface area contributed by atoms with Crippen LogP contribution in [-0.4, -0.2) is 27.8 Å². The zero-order valence-corrected chi connectivity index (χ0v) is 14.6. The molecule has 0 fully saturated rings. The number of hydrogen-bond donors (Lipinski definition) is 0. The number of aryl methyl sites for hydroxylation is 2. The smallest absolute Gasteiger partial charge is 0.170 e. The molecule has 0 N–H and O–H groups in total. The molecule has 0 aliphatic carbocycles. The Balaban J connectivity index is 1.69. The molecule has 0 saturated heterocycles. The maximum atomic E-state index is 12.6. The number of Topliss-reactive ketones (excluding diaryl/α,β-unsaturated/α-hetero) is 1. The van der Waals surface area contributed by atoms with Crippen molar-refractivity contribution in [1.29, 1.82) is 0 Å². The first-order valence-electron chi connectivity index (χ1n) is 8.12. The highest BCUT2D eigenvalue weighted by atomic mass is 16.5. The molecule has 2 aromatic heterocycles. The Bertz CT molecular complexity index is 832. The maximum Gasteiger partial charge on any atom is 0.170 e. The number of carbonyl (C=O) groups is 1. The summed E-state index contributed by atoms with van der Waals surface area (Å²) < 4.78 is 12.4. The van der Waals surface area contributed by atoms with Crippen molar-refractivity contribution in [3.63, 3.8) is 0 Å². The summed E-state index contributed by atoms with van der Waals surface area (Å²) in [5.74, 6) is 0.791. The van der Waals surface area contributed by atoms with Crippen LogP contribution in [0.2, 0.25) is 0 Å². The van der Waals surface area contributed by atoms with Gasteiger partial charge in [0.2, 0.25) is 0 Å². The van der Waals surface area contributed by atoms with E-state index in [1.54, 1.807) is 18.0 Å². The number of ketones is 1. The summed E-state index contributed by atoms with van der Waals surface area (Å²) in [6, 6.07) is 9.51. The van der Waals surface area contributed by atoms with Gasteiger partial charge < -0.3 is 9.26 Å². The number of ether oxygens (including phenoxy) is 1. The van der Waals surface area contributed by atoms with E-state index in [4.69, 9.17) is 9.26 Å². The van der Waals surface area contributed by atoms with E-state index in [0.717, 1.165) is 28.1 Å². The summed E-state index contributed by atoms with van der Waals surface area (Å²) in [6.45, 7) is 4.36. The summed E-state index contributed by atoms with van der Waals surface area (Å²) in [7, 11) is 1.55. The Hall–Kier alpha value is -2.73. The summed E-state index contributed by atoms with van der Waals surface area (Å²) in [6.07, 6.45) is 3.30. The fourth-order valence-electron chi connectivity index (χ4n) is 2.85. The highest BCUT2D eigenvalue weighted by Gasteiger charge is 2.20. The van der Waals surface area contributed by atoms with Crippen LogP contribution >= 0.6 is 0 Å². The van der Waals surface area contributed by atoms with Crippen LogP contribution in [0, 0.1) is 13.8 Å². The third-order valence-corrected chi connectivity index (χ3v) is 4.20. The summed E-state index contributed by atoms with van der Waals surface area (Å²) in [5, 5.41) is 8.29. The van der Waals surface area contributed by atoms with Gasteiger partial charge >= 0.3 is 0 Å². The van der Waals surface area contributed by atoms with Crippen LogP contribution in [0.15, 0.2) is 47.2 Å². The molecule has 6 nitrogen and oxygen atoms in total. The average Bonchev–Trinajstić information content (AvgIpc) is 3.18. The zero-order chi connectivity index (χ0) is 17.8. The van der Waals surface area contributed by atoms with Gasteiger partial charge in [0, 0.05) is 25.3 Å². The lowest BCUT2D eigenvalue weighted by atomic mass is 10.0. The van der Waals surface area contributed by atoms with Crippen molar-refractivity contribution >= 4 is 5.78 Å². The number of benzene rings is 1. The second-order valence-corrected chi connectivity index (χ2v) is 6.02. The number of hydrogen-bond acceptors (Lipinski definition) is 5. The minimum atomic E-state index is -0.563. The summed E-state index contributed by atoms with van der Waals surface area (Å²) >= 11 is 0. The molecule has 1 atom stereocenters. The first-order valence-corrected chi connectivity index (χ1v) is 8.12. The second kappa shape index (κ2) is 7.44. The molecule has 0 spiro atoms. The predicted molar refractivity (Wildman–Crippen MR) is 92.2 cm³/mol. The van der Waals surface area contributed by atoms with Crippen LogP contribution in [0.3, 0.4) is 0 Å². The first-order chi connectivity index (χ1) is 12.1. The molecule has 3 rings (SSSR count). The van der Waals surface area contributed by atoms with E-state index in [2.05, 4.69) is 10.3 Å². The van der Waals surface area contributed by atoms with Crippen LogP contribution < -0.4 is 0 Å². The SMILES string of the molecule is CO[C@@H](C(=O)Cc1cnn(Cc2c(C)noc2C)c1)c1ccccc1. The second-order valence-electron chi connectivity index (χ2n) is 6.02. The molecule has 0 aliphatic heterocycles. The van der Waals surface area contributed by atoms with Gasteiger partial charge in [-0.2, -0.15) is 5.10 Å². The normalized spacial score (nSPS) is 12.3. The van der Waals surface area contributed by atoms with Gasteiger partial charge in [0.15, 0.2) is 5.78 Å². The van der Waals surface area contributed by atoms with E-state index in [1.807, 2.05) is 50.4 Å². The Morgan fingerprint density at radius 2 is 2.04 bits per heavy atom. The minimum absolute atomic E-state index is 0.00517. The van der Waals surface area contributed by atoms with Crippen molar-refractivity contribution in [3.05, 3.63) is 70.9 Å². The van der Waals surface area contributed by atoms with Gasteiger partial charge in [-0.3, -0.25) is 9.48 Å². The molecule has 0 radical (unpaired) electrons. The lowest BCUT2D eigenvalue weighted by molar-refractivity contribution is -0.128. The molecular weight excluding hydrogens is 318 g/mol. The van der Waals surface area contributed by atoms with Crippen LogP contribution in [0.5, 0.6) is 0 Å². The van der Waals surface area contributed by atoms with Crippen molar-refractivity contribution in [2.24, 2.45) is 0 Å². The van der Waals surface area contributed by atoms with Gasteiger partial charge in [-0.1, -0.05) is 35.5 Å². The number of rotatable bonds is 7. The van der Waals surface area contributed by atoms with Gasteiger partial charge in [0.05, 0.1) is 18.4 Å². The monoisotopic (exact) mass is 339 g/mol. The molecule has 3 aromatic rings. The third-order valence-electron chi connectivity index (χ3n) is 4.20. The molecule has 0 aliphatic rings. The van der Waals surface area contributed by atoms with Crippen molar-refractivity contribution < 1.29 is 14.1 Å². The molecule has 0 amide bonds. The highest BCUT2D eigenvalue weighted by molar-refractivity contribution is 5.86. The molecule has 25 heavy (non-hydrogen) atoms. The number of nitrogens with zero attached hydrogens (tertiary/aromatic N) is 3. The molecule has 0 saturated carbocycles. The average molecular weight is 339 g/mol. The van der Waals surface area contributed by atoms with Gasteiger partial charge in [0.1, 0.15) is 11.9 Å². The van der Waals surface area contributed by atoms with Crippen molar-refractivity contribution in [1.82, 2.24) is 14.9 Å². The maximum absolute atomic E-state index is 12.6. The Morgan fingerprint density at radius 1 is 1.28 bits per heavy atom. The Labute approximate surface area is 146 Å². The summed E-state index contributed by atoms with van der Waals surface area (Å²) in [4.78, 5) is 12.6. The van der Waals surface area contributed by atoms with Crippen molar-refractivity contribution in [2.75, 3.05) is 7.11 Å². The van der Waals surface area contributed by atoms with Crippen molar-refractivity contribution in [2.45, 2.75) is 32.9 Å². The number of carbonyl (C=O) groups excluding carboxylic acids is 1. The molecule has 0 bridgehead atoms. The predicted octanol–water partition coefficient (Wildman–Crippen LogP) is 3.04. The van der Waals surface area contributed by atoms with Crippen LogP contribution in [0.4, 0.5) is 0 Å². The van der Waals surface area contributed by atoms with E-state index in [1.165, 1.54) is 0 Å². The Kier molecular flexibility index (Phi) is 5.09. The summed E-state index contributed by atoms with van der Waals surface area (Å²) in [5.41, 5.74) is 3.59. The van der Waals surface area contributed by atoms with Gasteiger partial charge in [-0.15, -0.1) is 0 Å². The van der Waals surface area contributed by atoms with Crippen LogP contribution in [0.25, 0.3) is 0 Å². The van der Waals surface area contributed by atoms with Crippen LogP contribution in [-0.2, 0) is 22.5 Å². The largest absolute Gasteiger partial charge is 0.369 e. The van der Waals surface area contributed by atoms with E-state index in [9.17, 15) is 4.79 Å². The Morgan fingerprint density at radius 3 is 2.68 bits per heavy atom. The van der Waals surface area contributed by atoms with E-state index >= 15 is 0 Å². The number of aromatic nitrogens is 3. The molecule has 1 aromatic carbocycles. The molecule has 6 heteroatoms. The molecule has 130 valence electrons. The minimum Gasteiger partial charge on any atom is -0.369 e. The molecule has 0 unspecified atom stereocenters. The molecular formula is C19H21N3O3. The van der Waals surface area contributed by atoms with Gasteiger partial charge in [-0.25, -0.2) is 0 Å². The molecule has 2 heterocycles. The van der Waals surface area contributed by atoms with E-state index in [0.29, 0.717) is 6.54 Å². The first kappa shape index (κ1) is 17.1. The lowest BCUT2D eigenvalue weighted by Crippen LogP contribution is -2.16.